The molecule has 1 heterocycles. The van der Waals surface area contributed by atoms with Gasteiger partial charge < -0.3 is 4.57 Å². The minimum atomic E-state index is -0.0341. The fourth-order valence-corrected chi connectivity index (χ4v) is 3.10. The van der Waals surface area contributed by atoms with Crippen LogP contribution in [0.25, 0.3) is 11.0 Å². The SMILES string of the molecule is Cc1cccc2c1nc(C(C)Cl)n2CCC1CCC1. The highest BCUT2D eigenvalue weighted by Gasteiger charge is 2.20. The van der Waals surface area contributed by atoms with Crippen LogP contribution in [0.1, 0.15) is 49.4 Å². The zero-order chi connectivity index (χ0) is 13.4. The topological polar surface area (TPSA) is 17.8 Å². The molecule has 2 nitrogen and oxygen atoms in total. The maximum atomic E-state index is 6.31. The molecule has 1 aliphatic carbocycles. The first-order chi connectivity index (χ1) is 9.16. The van der Waals surface area contributed by atoms with E-state index in [0.717, 1.165) is 23.8 Å². The first kappa shape index (κ1) is 13.0. The monoisotopic (exact) mass is 276 g/mol. The first-order valence-corrected chi connectivity index (χ1v) is 7.70. The van der Waals surface area contributed by atoms with Crippen LogP contribution in [0.2, 0.25) is 0 Å². The van der Waals surface area contributed by atoms with Crippen LogP contribution in [0.3, 0.4) is 0 Å². The largest absolute Gasteiger partial charge is 0.327 e. The number of halogens is 1. The van der Waals surface area contributed by atoms with Crippen LogP contribution in [0.5, 0.6) is 0 Å². The predicted octanol–water partition coefficient (Wildman–Crippen LogP) is 4.83. The van der Waals surface area contributed by atoms with Gasteiger partial charge in [-0.05, 0) is 37.8 Å². The average Bonchev–Trinajstić information content (AvgIpc) is 2.68. The molecule has 19 heavy (non-hydrogen) atoms. The lowest BCUT2D eigenvalue weighted by Gasteiger charge is -2.25. The fourth-order valence-electron chi connectivity index (χ4n) is 2.94. The Morgan fingerprint density at radius 2 is 2.21 bits per heavy atom. The summed E-state index contributed by atoms with van der Waals surface area (Å²) in [6, 6.07) is 6.40. The number of rotatable bonds is 4. The Bertz CT molecular complexity index is 582. The number of hydrogen-bond donors (Lipinski definition) is 0. The molecule has 0 aliphatic heterocycles. The van der Waals surface area contributed by atoms with Gasteiger partial charge in [0.05, 0.1) is 16.4 Å². The van der Waals surface area contributed by atoms with Crippen molar-refractivity contribution in [1.29, 1.82) is 0 Å². The van der Waals surface area contributed by atoms with E-state index in [4.69, 9.17) is 16.6 Å². The second-order valence-electron chi connectivity index (χ2n) is 5.77. The summed E-state index contributed by atoms with van der Waals surface area (Å²) in [5.41, 5.74) is 3.58. The molecule has 0 radical (unpaired) electrons. The highest BCUT2D eigenvalue weighted by Crippen LogP contribution is 2.32. The van der Waals surface area contributed by atoms with Crippen LogP contribution in [0.4, 0.5) is 0 Å². The van der Waals surface area contributed by atoms with Gasteiger partial charge in [0.15, 0.2) is 0 Å². The average molecular weight is 277 g/mol. The fraction of sp³-hybridized carbons (Fsp3) is 0.562. The number of para-hydroxylation sites is 1. The van der Waals surface area contributed by atoms with Gasteiger partial charge in [-0.1, -0.05) is 31.4 Å². The zero-order valence-electron chi connectivity index (χ0n) is 11.7. The number of fused-ring (bicyclic) bond motifs is 1. The lowest BCUT2D eigenvalue weighted by molar-refractivity contribution is 0.282. The van der Waals surface area contributed by atoms with Gasteiger partial charge in [0.2, 0.25) is 0 Å². The number of benzene rings is 1. The first-order valence-electron chi connectivity index (χ1n) is 7.26. The maximum Gasteiger partial charge on any atom is 0.127 e. The molecule has 0 saturated heterocycles. The summed E-state index contributed by atoms with van der Waals surface area (Å²) in [5.74, 6) is 1.94. The second-order valence-corrected chi connectivity index (χ2v) is 6.42. The second kappa shape index (κ2) is 5.16. The molecule has 1 fully saturated rings. The van der Waals surface area contributed by atoms with Gasteiger partial charge in [0.1, 0.15) is 5.82 Å². The molecule has 102 valence electrons. The van der Waals surface area contributed by atoms with E-state index >= 15 is 0 Å². The minimum Gasteiger partial charge on any atom is -0.327 e. The summed E-state index contributed by atoms with van der Waals surface area (Å²) in [6.07, 6.45) is 5.47. The van der Waals surface area contributed by atoms with Crippen molar-refractivity contribution in [2.24, 2.45) is 5.92 Å². The summed E-state index contributed by atoms with van der Waals surface area (Å²) < 4.78 is 2.33. The Morgan fingerprint density at radius 1 is 1.42 bits per heavy atom. The van der Waals surface area contributed by atoms with Crippen molar-refractivity contribution in [2.75, 3.05) is 0 Å². The third-order valence-electron chi connectivity index (χ3n) is 4.35. The van der Waals surface area contributed by atoms with Gasteiger partial charge in [-0.3, -0.25) is 0 Å². The maximum absolute atomic E-state index is 6.31. The van der Waals surface area contributed by atoms with Gasteiger partial charge in [-0.15, -0.1) is 11.6 Å². The Morgan fingerprint density at radius 3 is 2.84 bits per heavy atom. The third-order valence-corrected chi connectivity index (χ3v) is 4.55. The number of aryl methyl sites for hydroxylation is 2. The molecular formula is C16H21ClN2. The van der Waals surface area contributed by atoms with E-state index in [1.54, 1.807) is 0 Å². The smallest absolute Gasteiger partial charge is 0.127 e. The number of alkyl halides is 1. The molecular weight excluding hydrogens is 256 g/mol. The molecule has 0 bridgehead atoms. The lowest BCUT2D eigenvalue weighted by atomic mass is 9.83. The molecule has 1 aromatic heterocycles. The van der Waals surface area contributed by atoms with E-state index in [1.165, 1.54) is 36.8 Å². The van der Waals surface area contributed by atoms with Crippen LogP contribution < -0.4 is 0 Å². The van der Waals surface area contributed by atoms with Gasteiger partial charge in [0, 0.05) is 6.54 Å². The van der Waals surface area contributed by atoms with Crippen molar-refractivity contribution in [1.82, 2.24) is 9.55 Å². The molecule has 0 spiro atoms. The van der Waals surface area contributed by atoms with Crippen LogP contribution in [-0.2, 0) is 6.54 Å². The Balaban J connectivity index is 1.98. The van der Waals surface area contributed by atoms with Crippen molar-refractivity contribution in [3.63, 3.8) is 0 Å². The zero-order valence-corrected chi connectivity index (χ0v) is 12.5. The highest BCUT2D eigenvalue weighted by atomic mass is 35.5. The summed E-state index contributed by atoms with van der Waals surface area (Å²) in [4.78, 5) is 4.76. The van der Waals surface area contributed by atoms with Gasteiger partial charge in [-0.2, -0.15) is 0 Å². The van der Waals surface area contributed by atoms with Crippen LogP contribution >= 0.6 is 11.6 Å². The molecule has 3 rings (SSSR count). The van der Waals surface area contributed by atoms with Crippen molar-refractivity contribution < 1.29 is 0 Å². The Hall–Kier alpha value is -1.02. The molecule has 0 N–H and O–H groups in total. The van der Waals surface area contributed by atoms with E-state index in [2.05, 4.69) is 29.7 Å². The third kappa shape index (κ3) is 2.38. The summed E-state index contributed by atoms with van der Waals surface area (Å²) in [5, 5.41) is -0.0341. The summed E-state index contributed by atoms with van der Waals surface area (Å²) in [7, 11) is 0. The van der Waals surface area contributed by atoms with Crippen LogP contribution in [0.15, 0.2) is 18.2 Å². The van der Waals surface area contributed by atoms with Crippen molar-refractivity contribution in [2.45, 2.75) is 51.5 Å². The predicted molar refractivity (Wildman–Crippen MR) is 80.7 cm³/mol. The number of nitrogens with zero attached hydrogens (tertiary/aromatic N) is 2. The summed E-state index contributed by atoms with van der Waals surface area (Å²) in [6.45, 7) is 5.18. The number of imidazole rings is 1. The number of aromatic nitrogens is 2. The van der Waals surface area contributed by atoms with Gasteiger partial charge in [-0.25, -0.2) is 4.98 Å². The minimum absolute atomic E-state index is 0.0341. The van der Waals surface area contributed by atoms with E-state index in [1.807, 2.05) is 6.92 Å². The molecule has 1 saturated carbocycles. The van der Waals surface area contributed by atoms with Crippen LogP contribution in [0, 0.1) is 12.8 Å². The van der Waals surface area contributed by atoms with Crippen molar-refractivity contribution in [3.05, 3.63) is 29.6 Å². The van der Waals surface area contributed by atoms with E-state index in [0.29, 0.717) is 0 Å². The molecule has 2 aromatic rings. The Labute approximate surface area is 119 Å². The number of hydrogen-bond acceptors (Lipinski definition) is 1. The molecule has 1 aromatic carbocycles. The molecule has 1 aliphatic rings. The van der Waals surface area contributed by atoms with Crippen LogP contribution in [-0.4, -0.2) is 9.55 Å². The summed E-state index contributed by atoms with van der Waals surface area (Å²) >= 11 is 6.31. The van der Waals surface area contributed by atoms with E-state index in [9.17, 15) is 0 Å². The van der Waals surface area contributed by atoms with Gasteiger partial charge in [0.25, 0.3) is 0 Å². The molecule has 1 unspecified atom stereocenters. The molecule has 3 heteroatoms. The Kier molecular flexibility index (Phi) is 3.53. The van der Waals surface area contributed by atoms with E-state index < -0.39 is 0 Å². The lowest BCUT2D eigenvalue weighted by Crippen LogP contribution is -2.15. The van der Waals surface area contributed by atoms with Crippen molar-refractivity contribution >= 4 is 22.6 Å². The normalized spacial score (nSPS) is 17.6. The van der Waals surface area contributed by atoms with Crippen molar-refractivity contribution in [3.8, 4) is 0 Å². The molecule has 1 atom stereocenters. The van der Waals surface area contributed by atoms with E-state index in [-0.39, 0.29) is 5.38 Å². The standard InChI is InChI=1S/C16H21ClN2/c1-11-5-3-8-14-15(11)18-16(12(2)17)19(14)10-9-13-6-4-7-13/h3,5,8,12-13H,4,6-7,9-10H2,1-2H3. The van der Waals surface area contributed by atoms with Gasteiger partial charge >= 0.3 is 0 Å². The highest BCUT2D eigenvalue weighted by molar-refractivity contribution is 6.20. The quantitative estimate of drug-likeness (QED) is 0.731. The molecule has 0 amide bonds.